The molecule has 126 valence electrons. The summed E-state index contributed by atoms with van der Waals surface area (Å²) >= 11 is 0. The minimum absolute atomic E-state index is 0.249. The van der Waals surface area contributed by atoms with Crippen LogP contribution in [0, 0.1) is 0 Å². The van der Waals surface area contributed by atoms with Gasteiger partial charge in [0.25, 0.3) is 0 Å². The molecule has 4 nitrogen and oxygen atoms in total. The van der Waals surface area contributed by atoms with E-state index in [1.165, 1.54) is 43.4 Å². The SMILES string of the molecule is CCOC(=O)c1cc(OCC)c(N2CCCCC2)c(C2CC2)c1. The molecular formula is C19H27NO3. The fourth-order valence-electron chi connectivity index (χ4n) is 3.39. The number of hydrogen-bond donors (Lipinski definition) is 0. The van der Waals surface area contributed by atoms with Crippen LogP contribution in [0.2, 0.25) is 0 Å². The molecule has 1 aliphatic carbocycles. The lowest BCUT2D eigenvalue weighted by Gasteiger charge is -2.32. The van der Waals surface area contributed by atoms with Crippen LogP contribution in [0.4, 0.5) is 5.69 Å². The molecule has 2 aliphatic rings. The van der Waals surface area contributed by atoms with Crippen molar-refractivity contribution in [3.63, 3.8) is 0 Å². The first kappa shape index (κ1) is 16.2. The Hall–Kier alpha value is -1.71. The molecule has 1 heterocycles. The molecule has 1 aliphatic heterocycles. The molecule has 1 saturated carbocycles. The predicted molar refractivity (Wildman–Crippen MR) is 91.6 cm³/mol. The lowest BCUT2D eigenvalue weighted by molar-refractivity contribution is 0.0525. The molecule has 0 N–H and O–H groups in total. The monoisotopic (exact) mass is 317 g/mol. The number of piperidine rings is 1. The fourth-order valence-corrected chi connectivity index (χ4v) is 3.39. The summed E-state index contributed by atoms with van der Waals surface area (Å²) in [6, 6.07) is 3.92. The number of anilines is 1. The second-order valence-corrected chi connectivity index (χ2v) is 6.39. The van der Waals surface area contributed by atoms with E-state index in [1.807, 2.05) is 26.0 Å². The summed E-state index contributed by atoms with van der Waals surface area (Å²) in [6.07, 6.45) is 6.18. The highest BCUT2D eigenvalue weighted by Gasteiger charge is 2.32. The number of hydrogen-bond acceptors (Lipinski definition) is 4. The van der Waals surface area contributed by atoms with E-state index < -0.39 is 0 Å². The summed E-state index contributed by atoms with van der Waals surface area (Å²) in [7, 11) is 0. The zero-order chi connectivity index (χ0) is 16.2. The first-order valence-electron chi connectivity index (χ1n) is 8.97. The van der Waals surface area contributed by atoms with Crippen molar-refractivity contribution in [2.75, 3.05) is 31.2 Å². The van der Waals surface area contributed by atoms with Gasteiger partial charge in [-0.1, -0.05) is 0 Å². The van der Waals surface area contributed by atoms with Gasteiger partial charge in [-0.25, -0.2) is 4.79 Å². The molecule has 2 fully saturated rings. The van der Waals surface area contributed by atoms with Crippen molar-refractivity contribution in [3.05, 3.63) is 23.3 Å². The molecule has 0 bridgehead atoms. The molecule has 0 unspecified atom stereocenters. The van der Waals surface area contributed by atoms with Gasteiger partial charge in [0.05, 0.1) is 24.5 Å². The molecule has 0 atom stereocenters. The topological polar surface area (TPSA) is 38.8 Å². The maximum Gasteiger partial charge on any atom is 0.338 e. The average molecular weight is 317 g/mol. The van der Waals surface area contributed by atoms with E-state index in [0.717, 1.165) is 18.8 Å². The Morgan fingerprint density at radius 3 is 2.48 bits per heavy atom. The van der Waals surface area contributed by atoms with Crippen LogP contribution in [-0.4, -0.2) is 32.3 Å². The number of ether oxygens (including phenoxy) is 2. The molecule has 0 amide bonds. The Bertz CT molecular complexity index is 560. The number of carbonyl (C=O) groups is 1. The molecule has 0 radical (unpaired) electrons. The summed E-state index contributed by atoms with van der Waals surface area (Å²) in [4.78, 5) is 14.6. The Morgan fingerprint density at radius 1 is 1.13 bits per heavy atom. The van der Waals surface area contributed by atoms with Crippen LogP contribution >= 0.6 is 0 Å². The average Bonchev–Trinajstić information content (AvgIpc) is 3.40. The van der Waals surface area contributed by atoms with Crippen LogP contribution in [0.5, 0.6) is 5.75 Å². The fraction of sp³-hybridized carbons (Fsp3) is 0.632. The second-order valence-electron chi connectivity index (χ2n) is 6.39. The Morgan fingerprint density at radius 2 is 1.87 bits per heavy atom. The number of benzene rings is 1. The number of rotatable bonds is 6. The maximum atomic E-state index is 12.2. The summed E-state index contributed by atoms with van der Waals surface area (Å²) < 4.78 is 11.1. The van der Waals surface area contributed by atoms with E-state index in [9.17, 15) is 4.79 Å². The van der Waals surface area contributed by atoms with Crippen molar-refractivity contribution in [1.29, 1.82) is 0 Å². The summed E-state index contributed by atoms with van der Waals surface area (Å²) in [6.45, 7) is 7.00. The second kappa shape index (κ2) is 7.24. The number of nitrogens with zero attached hydrogens (tertiary/aromatic N) is 1. The van der Waals surface area contributed by atoms with Crippen molar-refractivity contribution in [1.82, 2.24) is 0 Å². The maximum absolute atomic E-state index is 12.2. The van der Waals surface area contributed by atoms with Crippen molar-refractivity contribution in [2.45, 2.75) is 51.9 Å². The van der Waals surface area contributed by atoms with Crippen LogP contribution in [-0.2, 0) is 4.74 Å². The van der Waals surface area contributed by atoms with Gasteiger partial charge >= 0.3 is 5.97 Å². The molecule has 23 heavy (non-hydrogen) atoms. The molecule has 1 aromatic rings. The Kier molecular flexibility index (Phi) is 5.09. The molecule has 3 rings (SSSR count). The van der Waals surface area contributed by atoms with Crippen LogP contribution in [0.3, 0.4) is 0 Å². The van der Waals surface area contributed by atoms with Gasteiger partial charge in [0.1, 0.15) is 5.75 Å². The van der Waals surface area contributed by atoms with E-state index >= 15 is 0 Å². The third-order valence-electron chi connectivity index (χ3n) is 4.60. The summed E-state index contributed by atoms with van der Waals surface area (Å²) in [5.74, 6) is 1.17. The van der Waals surface area contributed by atoms with Gasteiger partial charge in [-0.3, -0.25) is 0 Å². The van der Waals surface area contributed by atoms with E-state index in [1.54, 1.807) is 0 Å². The zero-order valence-electron chi connectivity index (χ0n) is 14.3. The van der Waals surface area contributed by atoms with Gasteiger partial charge in [0.15, 0.2) is 0 Å². The van der Waals surface area contributed by atoms with Crippen LogP contribution < -0.4 is 9.64 Å². The third-order valence-corrected chi connectivity index (χ3v) is 4.60. The summed E-state index contributed by atoms with van der Waals surface area (Å²) in [5, 5.41) is 0. The van der Waals surface area contributed by atoms with E-state index in [4.69, 9.17) is 9.47 Å². The highest BCUT2D eigenvalue weighted by Crippen LogP contribution is 2.48. The Balaban J connectivity index is 2.02. The van der Waals surface area contributed by atoms with Gasteiger partial charge in [-0.2, -0.15) is 0 Å². The lowest BCUT2D eigenvalue weighted by atomic mass is 10.00. The zero-order valence-corrected chi connectivity index (χ0v) is 14.3. The van der Waals surface area contributed by atoms with Gasteiger partial charge < -0.3 is 14.4 Å². The molecule has 1 saturated heterocycles. The molecule has 4 heteroatoms. The van der Waals surface area contributed by atoms with Crippen molar-refractivity contribution < 1.29 is 14.3 Å². The first-order valence-corrected chi connectivity index (χ1v) is 8.97. The number of carbonyl (C=O) groups excluding carboxylic acids is 1. The predicted octanol–water partition coefficient (Wildman–Crippen LogP) is 4.13. The van der Waals surface area contributed by atoms with Crippen molar-refractivity contribution in [3.8, 4) is 5.75 Å². The van der Waals surface area contributed by atoms with E-state index in [-0.39, 0.29) is 5.97 Å². The highest BCUT2D eigenvalue weighted by molar-refractivity contribution is 5.92. The Labute approximate surface area is 138 Å². The lowest BCUT2D eigenvalue weighted by Crippen LogP contribution is -2.31. The minimum atomic E-state index is -0.249. The largest absolute Gasteiger partial charge is 0.492 e. The van der Waals surface area contributed by atoms with Gasteiger partial charge in [0.2, 0.25) is 0 Å². The molecular weight excluding hydrogens is 290 g/mol. The quantitative estimate of drug-likeness (QED) is 0.740. The molecule has 0 spiro atoms. The smallest absolute Gasteiger partial charge is 0.338 e. The normalized spacial score (nSPS) is 17.9. The van der Waals surface area contributed by atoms with Gasteiger partial charge in [0, 0.05) is 13.1 Å². The van der Waals surface area contributed by atoms with Crippen LogP contribution in [0.1, 0.15) is 67.8 Å². The third kappa shape index (κ3) is 3.62. The standard InChI is InChI=1S/C19H27NO3/c1-3-22-17-13-15(19(21)23-4-2)12-16(14-8-9-14)18(17)20-10-6-5-7-11-20/h12-14H,3-11H2,1-2H3. The minimum Gasteiger partial charge on any atom is -0.492 e. The summed E-state index contributed by atoms with van der Waals surface area (Å²) in [5.41, 5.74) is 3.13. The van der Waals surface area contributed by atoms with Crippen molar-refractivity contribution >= 4 is 11.7 Å². The first-order chi connectivity index (χ1) is 11.2. The highest BCUT2D eigenvalue weighted by atomic mass is 16.5. The van der Waals surface area contributed by atoms with Crippen LogP contribution in [0.25, 0.3) is 0 Å². The van der Waals surface area contributed by atoms with E-state index in [0.29, 0.717) is 24.7 Å². The molecule has 0 aromatic heterocycles. The number of esters is 1. The molecule has 1 aromatic carbocycles. The van der Waals surface area contributed by atoms with E-state index in [2.05, 4.69) is 4.90 Å². The van der Waals surface area contributed by atoms with Gasteiger partial charge in [-0.05, 0) is 69.6 Å². The van der Waals surface area contributed by atoms with Crippen LogP contribution in [0.15, 0.2) is 12.1 Å². The van der Waals surface area contributed by atoms with Gasteiger partial charge in [-0.15, -0.1) is 0 Å². The van der Waals surface area contributed by atoms with Crippen molar-refractivity contribution in [2.24, 2.45) is 0 Å².